The van der Waals surface area contributed by atoms with Gasteiger partial charge < -0.3 is 4.74 Å². The molecule has 0 aliphatic rings. The SMILES string of the molecule is C=Cc1ccccc1OC(N)C=C. The number of benzene rings is 1. The van der Waals surface area contributed by atoms with Crippen LogP contribution in [-0.4, -0.2) is 6.23 Å². The van der Waals surface area contributed by atoms with Gasteiger partial charge in [-0.25, -0.2) is 0 Å². The molecule has 0 fully saturated rings. The molecular weight excluding hydrogens is 162 g/mol. The monoisotopic (exact) mass is 175 g/mol. The van der Waals surface area contributed by atoms with Crippen LogP contribution in [0.15, 0.2) is 43.5 Å². The van der Waals surface area contributed by atoms with Gasteiger partial charge in [0.25, 0.3) is 0 Å². The van der Waals surface area contributed by atoms with Crippen molar-refractivity contribution in [1.29, 1.82) is 0 Å². The van der Waals surface area contributed by atoms with Gasteiger partial charge in [-0.1, -0.05) is 37.4 Å². The van der Waals surface area contributed by atoms with Crippen LogP contribution in [0.1, 0.15) is 5.56 Å². The first-order valence-corrected chi connectivity index (χ1v) is 4.04. The van der Waals surface area contributed by atoms with Crippen LogP contribution in [0.25, 0.3) is 6.08 Å². The lowest BCUT2D eigenvalue weighted by Crippen LogP contribution is -2.24. The van der Waals surface area contributed by atoms with E-state index >= 15 is 0 Å². The molecule has 0 spiro atoms. The van der Waals surface area contributed by atoms with Crippen LogP contribution < -0.4 is 10.5 Å². The summed E-state index contributed by atoms with van der Waals surface area (Å²) in [5.74, 6) is 0.727. The summed E-state index contributed by atoms with van der Waals surface area (Å²) in [5, 5.41) is 0. The normalized spacial score (nSPS) is 11.8. The van der Waals surface area contributed by atoms with E-state index in [1.165, 1.54) is 0 Å². The number of hydrogen-bond acceptors (Lipinski definition) is 2. The fourth-order valence-electron chi connectivity index (χ4n) is 0.951. The third-order valence-corrected chi connectivity index (χ3v) is 1.63. The highest BCUT2D eigenvalue weighted by Gasteiger charge is 2.01. The summed E-state index contributed by atoms with van der Waals surface area (Å²) >= 11 is 0. The van der Waals surface area contributed by atoms with Gasteiger partial charge in [0.2, 0.25) is 0 Å². The number of ether oxygens (including phenoxy) is 1. The maximum atomic E-state index is 5.55. The molecule has 2 heteroatoms. The zero-order chi connectivity index (χ0) is 9.68. The molecule has 0 bridgehead atoms. The van der Waals surface area contributed by atoms with E-state index in [0.717, 1.165) is 11.3 Å². The third-order valence-electron chi connectivity index (χ3n) is 1.63. The quantitative estimate of drug-likeness (QED) is 0.562. The topological polar surface area (TPSA) is 35.2 Å². The molecule has 0 aromatic heterocycles. The average molecular weight is 175 g/mol. The predicted octanol–water partition coefficient (Wildman–Crippen LogP) is 2.18. The van der Waals surface area contributed by atoms with Crippen LogP contribution in [0.5, 0.6) is 5.75 Å². The number of para-hydroxylation sites is 1. The standard InChI is InChI=1S/C11H13NO/c1-3-9-7-5-6-8-10(9)13-11(12)4-2/h3-8,11H,1-2,12H2. The van der Waals surface area contributed by atoms with Crippen molar-refractivity contribution in [3.63, 3.8) is 0 Å². The smallest absolute Gasteiger partial charge is 0.166 e. The number of hydrogen-bond donors (Lipinski definition) is 1. The minimum Gasteiger partial charge on any atom is -0.471 e. The molecule has 0 radical (unpaired) electrons. The Kier molecular flexibility index (Phi) is 3.29. The minimum atomic E-state index is -0.471. The highest BCUT2D eigenvalue weighted by molar-refractivity contribution is 5.55. The van der Waals surface area contributed by atoms with Gasteiger partial charge in [-0.05, 0) is 12.1 Å². The third kappa shape index (κ3) is 2.46. The van der Waals surface area contributed by atoms with Gasteiger partial charge in [-0.2, -0.15) is 0 Å². The molecule has 1 aromatic carbocycles. The van der Waals surface area contributed by atoms with E-state index in [4.69, 9.17) is 10.5 Å². The average Bonchev–Trinajstić information content (AvgIpc) is 2.18. The summed E-state index contributed by atoms with van der Waals surface area (Å²) in [6.45, 7) is 7.21. The van der Waals surface area contributed by atoms with Crippen molar-refractivity contribution in [2.24, 2.45) is 5.73 Å². The maximum absolute atomic E-state index is 5.55. The zero-order valence-electron chi connectivity index (χ0n) is 7.44. The second kappa shape index (κ2) is 4.48. The molecule has 68 valence electrons. The van der Waals surface area contributed by atoms with Gasteiger partial charge in [0.15, 0.2) is 6.23 Å². The van der Waals surface area contributed by atoms with E-state index < -0.39 is 6.23 Å². The molecule has 2 N–H and O–H groups in total. The largest absolute Gasteiger partial charge is 0.471 e. The highest BCUT2D eigenvalue weighted by atomic mass is 16.5. The second-order valence-corrected chi connectivity index (χ2v) is 2.56. The summed E-state index contributed by atoms with van der Waals surface area (Å²) < 4.78 is 5.37. The van der Waals surface area contributed by atoms with Gasteiger partial charge in [0.1, 0.15) is 5.75 Å². The van der Waals surface area contributed by atoms with Crippen LogP contribution in [-0.2, 0) is 0 Å². The summed E-state index contributed by atoms with van der Waals surface area (Å²) in [7, 11) is 0. The van der Waals surface area contributed by atoms with E-state index in [9.17, 15) is 0 Å². The van der Waals surface area contributed by atoms with Crippen molar-refractivity contribution >= 4 is 6.08 Å². The van der Waals surface area contributed by atoms with Crippen molar-refractivity contribution in [3.05, 3.63) is 49.1 Å². The van der Waals surface area contributed by atoms with Crippen LogP contribution in [0.2, 0.25) is 0 Å². The van der Waals surface area contributed by atoms with Crippen molar-refractivity contribution < 1.29 is 4.74 Å². The van der Waals surface area contributed by atoms with E-state index in [-0.39, 0.29) is 0 Å². The summed E-state index contributed by atoms with van der Waals surface area (Å²) in [6.07, 6.45) is 2.80. The van der Waals surface area contributed by atoms with Crippen molar-refractivity contribution in [2.75, 3.05) is 0 Å². The molecular formula is C11H13NO. The Labute approximate surface area is 78.3 Å². The van der Waals surface area contributed by atoms with Crippen molar-refractivity contribution in [1.82, 2.24) is 0 Å². The Morgan fingerprint density at radius 3 is 2.62 bits per heavy atom. The minimum absolute atomic E-state index is 0.471. The molecule has 0 amide bonds. The van der Waals surface area contributed by atoms with Gasteiger partial charge >= 0.3 is 0 Å². The fraction of sp³-hybridized carbons (Fsp3) is 0.0909. The summed E-state index contributed by atoms with van der Waals surface area (Å²) in [4.78, 5) is 0. The van der Waals surface area contributed by atoms with E-state index in [1.807, 2.05) is 24.3 Å². The molecule has 1 aromatic rings. The maximum Gasteiger partial charge on any atom is 0.166 e. The Hall–Kier alpha value is -1.54. The molecule has 0 saturated heterocycles. The first kappa shape index (κ1) is 9.55. The van der Waals surface area contributed by atoms with Gasteiger partial charge in [-0.15, -0.1) is 0 Å². The summed E-state index contributed by atoms with van der Waals surface area (Å²) in [6, 6.07) is 7.57. The highest BCUT2D eigenvalue weighted by Crippen LogP contribution is 2.19. The second-order valence-electron chi connectivity index (χ2n) is 2.56. The molecule has 0 aliphatic heterocycles. The van der Waals surface area contributed by atoms with Gasteiger partial charge in [0.05, 0.1) is 0 Å². The van der Waals surface area contributed by atoms with Crippen LogP contribution >= 0.6 is 0 Å². The first-order chi connectivity index (χ1) is 6.27. The number of rotatable bonds is 4. The van der Waals surface area contributed by atoms with Gasteiger partial charge in [-0.3, -0.25) is 5.73 Å². The van der Waals surface area contributed by atoms with E-state index in [1.54, 1.807) is 12.2 Å². The van der Waals surface area contributed by atoms with E-state index in [0.29, 0.717) is 0 Å². The molecule has 1 atom stereocenters. The Bertz CT molecular complexity index is 307. The van der Waals surface area contributed by atoms with E-state index in [2.05, 4.69) is 13.2 Å². The lowest BCUT2D eigenvalue weighted by molar-refractivity contribution is 0.257. The molecule has 1 rings (SSSR count). The number of nitrogens with two attached hydrogens (primary N) is 1. The first-order valence-electron chi connectivity index (χ1n) is 4.04. The van der Waals surface area contributed by atoms with Crippen LogP contribution in [0.4, 0.5) is 0 Å². The Morgan fingerprint density at radius 1 is 1.31 bits per heavy atom. The summed E-state index contributed by atoms with van der Waals surface area (Å²) in [5.41, 5.74) is 6.48. The fourth-order valence-corrected chi connectivity index (χ4v) is 0.951. The molecule has 1 unspecified atom stereocenters. The molecule has 0 heterocycles. The molecule has 0 saturated carbocycles. The molecule has 0 aliphatic carbocycles. The van der Waals surface area contributed by atoms with Crippen LogP contribution in [0, 0.1) is 0 Å². The molecule has 2 nitrogen and oxygen atoms in total. The Morgan fingerprint density at radius 2 is 2.00 bits per heavy atom. The lowest BCUT2D eigenvalue weighted by atomic mass is 10.2. The Balaban J connectivity index is 2.86. The zero-order valence-corrected chi connectivity index (χ0v) is 7.44. The molecule has 13 heavy (non-hydrogen) atoms. The lowest BCUT2D eigenvalue weighted by Gasteiger charge is -2.12. The van der Waals surface area contributed by atoms with Crippen molar-refractivity contribution in [3.8, 4) is 5.75 Å². The van der Waals surface area contributed by atoms with Crippen LogP contribution in [0.3, 0.4) is 0 Å². The predicted molar refractivity (Wildman–Crippen MR) is 55.3 cm³/mol. The van der Waals surface area contributed by atoms with Crippen molar-refractivity contribution in [2.45, 2.75) is 6.23 Å². The van der Waals surface area contributed by atoms with Gasteiger partial charge in [0, 0.05) is 5.56 Å².